The fourth-order valence-corrected chi connectivity index (χ4v) is 0.464. The monoisotopic (exact) mass is 132 g/mol. The Morgan fingerprint density at radius 3 is 2.11 bits per heavy atom. The fourth-order valence-electron chi connectivity index (χ4n) is 0.464. The SMILES string of the molecule is CCCC(=O)C(C)(O)O. The predicted octanol–water partition coefficient (Wildman–Crippen LogP) is 0.0564. The average Bonchev–Trinajstić information content (AvgIpc) is 1.64. The van der Waals surface area contributed by atoms with Gasteiger partial charge in [-0.2, -0.15) is 0 Å². The molecule has 0 atom stereocenters. The van der Waals surface area contributed by atoms with Crippen molar-refractivity contribution in [3.8, 4) is 0 Å². The molecule has 3 nitrogen and oxygen atoms in total. The van der Waals surface area contributed by atoms with Crippen molar-refractivity contribution in [2.45, 2.75) is 32.5 Å². The number of carbonyl (C=O) groups excluding carboxylic acids is 1. The van der Waals surface area contributed by atoms with E-state index < -0.39 is 11.6 Å². The van der Waals surface area contributed by atoms with E-state index >= 15 is 0 Å². The van der Waals surface area contributed by atoms with E-state index in [1.165, 1.54) is 0 Å². The Balaban J connectivity index is 3.74. The minimum absolute atomic E-state index is 0.226. The number of carbonyl (C=O) groups is 1. The number of rotatable bonds is 3. The zero-order valence-corrected chi connectivity index (χ0v) is 5.72. The van der Waals surface area contributed by atoms with Gasteiger partial charge in [0, 0.05) is 6.42 Å². The Morgan fingerprint density at radius 2 is 2.00 bits per heavy atom. The molecule has 0 fully saturated rings. The molecule has 0 amide bonds. The van der Waals surface area contributed by atoms with Crippen LogP contribution in [0, 0.1) is 0 Å². The summed E-state index contributed by atoms with van der Waals surface area (Å²) in [6, 6.07) is 0. The van der Waals surface area contributed by atoms with Crippen LogP contribution in [0.4, 0.5) is 0 Å². The van der Waals surface area contributed by atoms with Gasteiger partial charge in [-0.1, -0.05) is 6.92 Å². The van der Waals surface area contributed by atoms with Gasteiger partial charge in [-0.25, -0.2) is 0 Å². The zero-order chi connectivity index (χ0) is 7.49. The van der Waals surface area contributed by atoms with Crippen LogP contribution in [0.2, 0.25) is 0 Å². The van der Waals surface area contributed by atoms with E-state index in [0.717, 1.165) is 6.92 Å². The van der Waals surface area contributed by atoms with Crippen molar-refractivity contribution < 1.29 is 15.0 Å². The second-order valence-electron chi connectivity index (χ2n) is 2.19. The molecule has 0 aromatic carbocycles. The minimum atomic E-state index is -2.13. The lowest BCUT2D eigenvalue weighted by Gasteiger charge is -2.12. The summed E-state index contributed by atoms with van der Waals surface area (Å²) in [6.07, 6.45) is 0.874. The Morgan fingerprint density at radius 1 is 1.56 bits per heavy atom. The third-order valence-electron chi connectivity index (χ3n) is 1.01. The van der Waals surface area contributed by atoms with Crippen molar-refractivity contribution in [2.24, 2.45) is 0 Å². The molecular formula is C6H12O3. The Labute approximate surface area is 54.3 Å². The van der Waals surface area contributed by atoms with Crippen LogP contribution in [-0.2, 0) is 4.79 Å². The third-order valence-corrected chi connectivity index (χ3v) is 1.01. The van der Waals surface area contributed by atoms with E-state index in [0.29, 0.717) is 6.42 Å². The van der Waals surface area contributed by atoms with Crippen LogP contribution < -0.4 is 0 Å². The second kappa shape index (κ2) is 2.94. The first-order valence-corrected chi connectivity index (χ1v) is 2.96. The molecule has 9 heavy (non-hydrogen) atoms. The fraction of sp³-hybridized carbons (Fsp3) is 0.833. The number of Topliss-reactive ketones (excluding diaryl/α,β-unsaturated/α-hetero) is 1. The maximum absolute atomic E-state index is 10.6. The van der Waals surface area contributed by atoms with Crippen molar-refractivity contribution in [1.82, 2.24) is 0 Å². The molecule has 2 N–H and O–H groups in total. The van der Waals surface area contributed by atoms with Crippen molar-refractivity contribution in [2.75, 3.05) is 0 Å². The van der Waals surface area contributed by atoms with Gasteiger partial charge in [0.25, 0.3) is 0 Å². The summed E-state index contributed by atoms with van der Waals surface area (Å²) in [4.78, 5) is 10.6. The van der Waals surface area contributed by atoms with E-state index in [1.54, 1.807) is 0 Å². The van der Waals surface area contributed by atoms with E-state index in [4.69, 9.17) is 10.2 Å². The van der Waals surface area contributed by atoms with E-state index in [1.807, 2.05) is 6.92 Å². The Kier molecular flexibility index (Phi) is 2.81. The van der Waals surface area contributed by atoms with Crippen LogP contribution in [0.3, 0.4) is 0 Å². The van der Waals surface area contributed by atoms with Gasteiger partial charge in [0.2, 0.25) is 5.79 Å². The van der Waals surface area contributed by atoms with E-state index in [-0.39, 0.29) is 6.42 Å². The van der Waals surface area contributed by atoms with Crippen LogP contribution in [0.5, 0.6) is 0 Å². The molecule has 0 saturated carbocycles. The highest BCUT2D eigenvalue weighted by atomic mass is 16.5. The summed E-state index contributed by atoms with van der Waals surface area (Å²) in [6.45, 7) is 2.88. The predicted molar refractivity (Wildman–Crippen MR) is 32.8 cm³/mol. The first-order chi connectivity index (χ1) is 3.98. The van der Waals surface area contributed by atoms with Gasteiger partial charge < -0.3 is 10.2 Å². The largest absolute Gasteiger partial charge is 0.360 e. The van der Waals surface area contributed by atoms with Gasteiger partial charge in [0.1, 0.15) is 0 Å². The van der Waals surface area contributed by atoms with Gasteiger partial charge in [0.15, 0.2) is 5.78 Å². The molecule has 0 heterocycles. The molecule has 0 rings (SSSR count). The first-order valence-electron chi connectivity index (χ1n) is 2.96. The van der Waals surface area contributed by atoms with Crippen LogP contribution >= 0.6 is 0 Å². The molecule has 0 aromatic heterocycles. The molecule has 0 radical (unpaired) electrons. The van der Waals surface area contributed by atoms with Gasteiger partial charge in [-0.15, -0.1) is 0 Å². The molecular weight excluding hydrogens is 120 g/mol. The molecule has 0 saturated heterocycles. The smallest absolute Gasteiger partial charge is 0.220 e. The second-order valence-corrected chi connectivity index (χ2v) is 2.19. The summed E-state index contributed by atoms with van der Waals surface area (Å²) in [7, 11) is 0. The third kappa shape index (κ3) is 3.21. The molecule has 0 aliphatic carbocycles. The summed E-state index contributed by atoms with van der Waals surface area (Å²) in [5, 5.41) is 17.2. The summed E-state index contributed by atoms with van der Waals surface area (Å²) in [5.74, 6) is -2.65. The molecule has 54 valence electrons. The van der Waals surface area contributed by atoms with Crippen LogP contribution in [0.25, 0.3) is 0 Å². The molecule has 0 unspecified atom stereocenters. The van der Waals surface area contributed by atoms with Gasteiger partial charge in [-0.05, 0) is 13.3 Å². The number of hydrogen-bond acceptors (Lipinski definition) is 3. The molecule has 0 aliphatic rings. The minimum Gasteiger partial charge on any atom is -0.360 e. The van der Waals surface area contributed by atoms with Crippen molar-refractivity contribution >= 4 is 5.78 Å². The van der Waals surface area contributed by atoms with Crippen LogP contribution in [0.15, 0.2) is 0 Å². The van der Waals surface area contributed by atoms with Crippen LogP contribution in [-0.4, -0.2) is 21.8 Å². The molecule has 0 aromatic rings. The van der Waals surface area contributed by atoms with Gasteiger partial charge >= 0.3 is 0 Å². The van der Waals surface area contributed by atoms with Crippen molar-refractivity contribution in [1.29, 1.82) is 0 Å². The van der Waals surface area contributed by atoms with E-state index in [9.17, 15) is 4.79 Å². The van der Waals surface area contributed by atoms with Crippen molar-refractivity contribution in [3.63, 3.8) is 0 Å². The zero-order valence-electron chi connectivity index (χ0n) is 5.72. The number of hydrogen-bond donors (Lipinski definition) is 2. The highest BCUT2D eigenvalue weighted by Crippen LogP contribution is 2.03. The normalized spacial score (nSPS) is 11.6. The Hall–Kier alpha value is -0.410. The molecule has 0 aliphatic heterocycles. The standard InChI is InChI=1S/C6H12O3/c1-3-4-5(7)6(2,8)9/h8-9H,3-4H2,1-2H3. The van der Waals surface area contributed by atoms with Gasteiger partial charge in [0.05, 0.1) is 0 Å². The summed E-state index contributed by atoms with van der Waals surface area (Å²) >= 11 is 0. The lowest BCUT2D eigenvalue weighted by Crippen LogP contribution is -2.34. The summed E-state index contributed by atoms with van der Waals surface area (Å²) < 4.78 is 0. The Bertz CT molecular complexity index is 101. The molecule has 0 spiro atoms. The van der Waals surface area contributed by atoms with E-state index in [2.05, 4.69) is 0 Å². The first kappa shape index (κ1) is 8.59. The van der Waals surface area contributed by atoms with Crippen LogP contribution in [0.1, 0.15) is 26.7 Å². The average molecular weight is 132 g/mol. The maximum Gasteiger partial charge on any atom is 0.220 e. The number of ketones is 1. The number of aliphatic hydroxyl groups is 2. The quantitative estimate of drug-likeness (QED) is 0.534. The van der Waals surface area contributed by atoms with Crippen molar-refractivity contribution in [3.05, 3.63) is 0 Å². The lowest BCUT2D eigenvalue weighted by atomic mass is 10.1. The topological polar surface area (TPSA) is 57.5 Å². The summed E-state index contributed by atoms with van der Waals surface area (Å²) in [5.41, 5.74) is 0. The molecule has 0 bridgehead atoms. The lowest BCUT2D eigenvalue weighted by molar-refractivity contribution is -0.175. The highest BCUT2D eigenvalue weighted by molar-refractivity contribution is 5.84. The van der Waals surface area contributed by atoms with Gasteiger partial charge in [-0.3, -0.25) is 4.79 Å². The maximum atomic E-state index is 10.6. The molecule has 3 heteroatoms. The highest BCUT2D eigenvalue weighted by Gasteiger charge is 2.24.